The summed E-state index contributed by atoms with van der Waals surface area (Å²) in [5, 5.41) is 10.7. The lowest BCUT2D eigenvalue weighted by molar-refractivity contribution is 0.157. The maximum atomic E-state index is 15.2. The Labute approximate surface area is 203 Å². The number of halogens is 1. The summed E-state index contributed by atoms with van der Waals surface area (Å²) in [6, 6.07) is 10.7. The number of fused-ring (bicyclic) bond motifs is 2. The van der Waals surface area contributed by atoms with E-state index >= 15 is 4.39 Å². The number of aromatic nitrogens is 2. The molecule has 2 aromatic heterocycles. The number of hydrogen-bond acceptors (Lipinski definition) is 6. The first-order chi connectivity index (χ1) is 17.0. The summed E-state index contributed by atoms with van der Waals surface area (Å²) in [5.41, 5.74) is 2.29. The first kappa shape index (κ1) is 22.9. The molecule has 0 spiro atoms. The molecule has 0 unspecified atom stereocenters. The molecule has 4 aromatic rings. The highest BCUT2D eigenvalue weighted by atomic mass is 19.1. The second kappa shape index (κ2) is 9.43. The van der Waals surface area contributed by atoms with Crippen molar-refractivity contribution < 1.29 is 18.6 Å². The van der Waals surface area contributed by atoms with Gasteiger partial charge in [0.15, 0.2) is 28.8 Å². The van der Waals surface area contributed by atoms with Crippen molar-refractivity contribution in [2.75, 3.05) is 33.9 Å². The number of H-pyrrole nitrogens is 1. The highest BCUT2D eigenvalue weighted by Gasteiger charge is 2.21. The third-order valence-electron chi connectivity index (χ3n) is 6.59. The van der Waals surface area contributed by atoms with E-state index in [1.165, 1.54) is 6.20 Å². The van der Waals surface area contributed by atoms with Crippen molar-refractivity contribution >= 4 is 21.8 Å². The van der Waals surface area contributed by atoms with E-state index in [1.807, 2.05) is 6.92 Å². The summed E-state index contributed by atoms with van der Waals surface area (Å²) < 4.78 is 33.0. The van der Waals surface area contributed by atoms with Crippen molar-refractivity contribution in [1.29, 1.82) is 5.26 Å². The van der Waals surface area contributed by atoms with Crippen LogP contribution in [0.15, 0.2) is 36.5 Å². The molecule has 0 aliphatic carbocycles. The van der Waals surface area contributed by atoms with Gasteiger partial charge in [-0.25, -0.2) is 4.39 Å². The Kier molecular flexibility index (Phi) is 6.18. The van der Waals surface area contributed by atoms with Crippen LogP contribution >= 0.6 is 0 Å². The lowest BCUT2D eigenvalue weighted by Crippen LogP contribution is -2.32. The second-order valence-corrected chi connectivity index (χ2v) is 9.08. The van der Waals surface area contributed by atoms with E-state index in [4.69, 9.17) is 14.2 Å². The summed E-state index contributed by atoms with van der Waals surface area (Å²) in [5.74, 6) is 1.33. The lowest BCUT2D eigenvalue weighted by Gasteiger charge is -2.28. The fourth-order valence-corrected chi connectivity index (χ4v) is 4.55. The van der Waals surface area contributed by atoms with Gasteiger partial charge in [-0.05, 0) is 70.1 Å². The van der Waals surface area contributed by atoms with Crippen LogP contribution in [0.5, 0.6) is 23.0 Å². The number of methoxy groups -OCH3 is 1. The maximum absolute atomic E-state index is 15.2. The summed E-state index contributed by atoms with van der Waals surface area (Å²) >= 11 is 0. The number of rotatable bonds is 6. The van der Waals surface area contributed by atoms with Gasteiger partial charge in [-0.2, -0.15) is 5.26 Å². The Hall–Kier alpha value is -3.83. The van der Waals surface area contributed by atoms with Crippen LogP contribution < -0.4 is 14.2 Å². The summed E-state index contributed by atoms with van der Waals surface area (Å²) in [6.45, 7) is 4.58. The lowest BCUT2D eigenvalue weighted by atomic mass is 9.98. The smallest absolute Gasteiger partial charge is 0.175 e. The average molecular weight is 475 g/mol. The van der Waals surface area contributed by atoms with E-state index < -0.39 is 5.82 Å². The van der Waals surface area contributed by atoms with Crippen molar-refractivity contribution in [2.24, 2.45) is 5.92 Å². The molecule has 0 saturated carbocycles. The van der Waals surface area contributed by atoms with E-state index in [9.17, 15) is 5.26 Å². The van der Waals surface area contributed by atoms with Crippen LogP contribution in [0.1, 0.15) is 24.1 Å². The third kappa shape index (κ3) is 4.47. The van der Waals surface area contributed by atoms with Crippen LogP contribution in [0, 0.1) is 30.0 Å². The van der Waals surface area contributed by atoms with Gasteiger partial charge in [0.25, 0.3) is 0 Å². The topological polar surface area (TPSA) is 83.4 Å². The predicted molar refractivity (Wildman–Crippen MR) is 132 cm³/mol. The highest BCUT2D eigenvalue weighted by molar-refractivity contribution is 5.90. The minimum Gasteiger partial charge on any atom is -0.493 e. The molecular formula is C27H27FN4O3. The molecule has 1 N–H and O–H groups in total. The van der Waals surface area contributed by atoms with Gasteiger partial charge >= 0.3 is 0 Å². The normalized spacial score (nSPS) is 14.8. The van der Waals surface area contributed by atoms with Crippen LogP contribution in [0.2, 0.25) is 0 Å². The monoisotopic (exact) mass is 474 g/mol. The van der Waals surface area contributed by atoms with Crippen molar-refractivity contribution in [3.05, 3.63) is 53.6 Å². The first-order valence-electron chi connectivity index (χ1n) is 11.6. The molecular weight excluding hydrogens is 447 g/mol. The van der Waals surface area contributed by atoms with Crippen molar-refractivity contribution in [1.82, 2.24) is 14.9 Å². The van der Waals surface area contributed by atoms with Crippen LogP contribution in [0.4, 0.5) is 4.39 Å². The van der Waals surface area contributed by atoms with Gasteiger partial charge in [0, 0.05) is 34.2 Å². The Morgan fingerprint density at radius 3 is 2.69 bits per heavy atom. The zero-order valence-corrected chi connectivity index (χ0v) is 20.0. The number of piperidine rings is 1. The zero-order valence-electron chi connectivity index (χ0n) is 20.0. The van der Waals surface area contributed by atoms with Crippen molar-refractivity contribution in [3.63, 3.8) is 0 Å². The molecule has 2 aromatic carbocycles. The number of nitrogens with one attached hydrogen (secondary N) is 1. The molecule has 7 nitrogen and oxygen atoms in total. The first-order valence-corrected chi connectivity index (χ1v) is 11.6. The van der Waals surface area contributed by atoms with E-state index in [0.29, 0.717) is 45.8 Å². The minimum absolute atomic E-state index is 0.0297. The number of ether oxygens (including phenoxy) is 3. The number of likely N-dealkylation sites (tertiary alicyclic amines) is 1. The Morgan fingerprint density at radius 1 is 1.14 bits per heavy atom. The molecule has 3 heterocycles. The summed E-state index contributed by atoms with van der Waals surface area (Å²) in [7, 11) is 3.70. The van der Waals surface area contributed by atoms with Gasteiger partial charge in [0.2, 0.25) is 0 Å². The van der Waals surface area contributed by atoms with Crippen LogP contribution in [-0.2, 0) is 0 Å². The molecule has 8 heteroatoms. The number of aromatic amines is 1. The Bertz CT molecular complexity index is 1430. The van der Waals surface area contributed by atoms with Gasteiger partial charge < -0.3 is 24.1 Å². The van der Waals surface area contributed by atoms with E-state index in [1.54, 1.807) is 37.4 Å². The van der Waals surface area contributed by atoms with Crippen LogP contribution in [0.25, 0.3) is 21.8 Å². The molecule has 5 rings (SSSR count). The maximum Gasteiger partial charge on any atom is 0.175 e. The summed E-state index contributed by atoms with van der Waals surface area (Å²) in [6.07, 6.45) is 3.61. The van der Waals surface area contributed by atoms with Gasteiger partial charge in [-0.15, -0.1) is 0 Å². The Morgan fingerprint density at radius 2 is 1.94 bits per heavy atom. The van der Waals surface area contributed by atoms with Crippen LogP contribution in [0.3, 0.4) is 0 Å². The Balaban J connectivity index is 1.50. The minimum atomic E-state index is -0.495. The van der Waals surface area contributed by atoms with Crippen molar-refractivity contribution in [2.45, 2.75) is 19.8 Å². The molecule has 1 aliphatic rings. The predicted octanol–water partition coefficient (Wildman–Crippen LogP) is 5.56. The third-order valence-corrected chi connectivity index (χ3v) is 6.59. The second-order valence-electron chi connectivity index (χ2n) is 9.08. The SMILES string of the molecule is COc1cc2c(Oc3ccc4[nH]c(C)cc4c3F)c(C#N)cnc2cc1OCC1CCN(C)CC1. The average Bonchev–Trinajstić information content (AvgIpc) is 3.26. The highest BCUT2D eigenvalue weighted by Crippen LogP contribution is 2.40. The zero-order chi connectivity index (χ0) is 24.5. The molecule has 0 amide bonds. The molecule has 180 valence electrons. The molecule has 0 radical (unpaired) electrons. The molecule has 1 fully saturated rings. The molecule has 1 saturated heterocycles. The fraction of sp³-hybridized carbons (Fsp3) is 0.333. The van der Waals surface area contributed by atoms with Gasteiger partial charge in [0.05, 0.1) is 19.2 Å². The van der Waals surface area contributed by atoms with Gasteiger partial charge in [-0.1, -0.05) is 0 Å². The van der Waals surface area contributed by atoms with Crippen LogP contribution in [-0.4, -0.2) is 48.7 Å². The van der Waals surface area contributed by atoms with Gasteiger partial charge in [-0.3, -0.25) is 4.98 Å². The van der Waals surface area contributed by atoms with Gasteiger partial charge in [0.1, 0.15) is 11.6 Å². The molecule has 35 heavy (non-hydrogen) atoms. The number of nitriles is 1. The standard InChI is InChI=1S/C27H27FN4O3/c1-16-10-19-21(31-16)4-5-23(26(19)28)35-27-18(13-29)14-30-22-12-25(24(33-3)11-20(22)27)34-15-17-6-8-32(2)9-7-17/h4-5,10-12,14,17,31H,6-9,15H2,1-3H3. The number of pyridine rings is 1. The van der Waals surface area contributed by atoms with E-state index in [-0.39, 0.29) is 17.1 Å². The van der Waals surface area contributed by atoms with Crippen molar-refractivity contribution in [3.8, 4) is 29.1 Å². The fourth-order valence-electron chi connectivity index (χ4n) is 4.55. The number of aryl methyl sites for hydroxylation is 1. The molecule has 0 bridgehead atoms. The van der Waals surface area contributed by atoms with E-state index in [2.05, 4.69) is 28.0 Å². The quantitative estimate of drug-likeness (QED) is 0.394. The molecule has 1 aliphatic heterocycles. The largest absolute Gasteiger partial charge is 0.493 e. The number of hydrogen-bond donors (Lipinski definition) is 1. The number of nitrogens with zero attached hydrogens (tertiary/aromatic N) is 3. The van der Waals surface area contributed by atoms with E-state index in [0.717, 1.165) is 31.6 Å². The molecule has 0 atom stereocenters. The number of benzene rings is 2. The summed E-state index contributed by atoms with van der Waals surface area (Å²) in [4.78, 5) is 9.86.